The minimum Gasteiger partial charge on any atom is -0.477 e. The van der Waals surface area contributed by atoms with Crippen LogP contribution in [0.25, 0.3) is 11.3 Å². The number of piperidine rings is 1. The van der Waals surface area contributed by atoms with Crippen LogP contribution in [0.2, 0.25) is 0 Å². The molecule has 3 N–H and O–H groups in total. The largest absolute Gasteiger partial charge is 0.477 e. The zero-order valence-electron chi connectivity index (χ0n) is 24.5. The minimum absolute atomic E-state index is 0.0942. The smallest absolute Gasteiger partial charge is 0.317 e. The Morgan fingerprint density at radius 3 is 2.53 bits per heavy atom. The van der Waals surface area contributed by atoms with E-state index in [0.717, 1.165) is 16.7 Å². The van der Waals surface area contributed by atoms with E-state index in [9.17, 15) is 18.0 Å². The van der Waals surface area contributed by atoms with Crippen LogP contribution in [0.4, 0.5) is 10.7 Å². The number of carbonyl (C=O) groups is 2. The molecule has 0 radical (unpaired) electrons. The number of amides is 3. The number of urea groups is 1. The first-order valence-electron chi connectivity index (χ1n) is 14.1. The van der Waals surface area contributed by atoms with E-state index >= 15 is 0 Å². The molecule has 4 bridgehead atoms. The second kappa shape index (κ2) is 12.6. The number of nitrogens with one attached hydrogen (secondary N) is 3. The van der Waals surface area contributed by atoms with E-state index in [2.05, 4.69) is 25.3 Å². The number of hydrogen-bond donors (Lipinski definition) is 3. The van der Waals surface area contributed by atoms with E-state index in [-0.39, 0.29) is 41.5 Å². The molecule has 1 fully saturated rings. The van der Waals surface area contributed by atoms with Crippen molar-refractivity contribution in [2.75, 3.05) is 51.2 Å². The first kappa shape index (κ1) is 30.2. The number of fused-ring (bicyclic) bond motifs is 4. The van der Waals surface area contributed by atoms with Crippen molar-refractivity contribution in [1.29, 1.82) is 0 Å². The molecule has 3 amide bonds. The Hall–Kier alpha value is -4.23. The molecule has 0 atom stereocenters. The van der Waals surface area contributed by atoms with Crippen LogP contribution in [0.1, 0.15) is 34.3 Å². The lowest BCUT2D eigenvalue weighted by atomic mass is 9.79. The number of sulfonamides is 1. The first-order valence-corrected chi connectivity index (χ1v) is 15.6. The Balaban J connectivity index is 1.51. The Morgan fingerprint density at radius 1 is 1.09 bits per heavy atom. The van der Waals surface area contributed by atoms with Crippen molar-refractivity contribution >= 4 is 27.9 Å². The summed E-state index contributed by atoms with van der Waals surface area (Å²) in [5, 5.41) is 5.83. The van der Waals surface area contributed by atoms with Gasteiger partial charge in [0, 0.05) is 55.9 Å². The summed E-state index contributed by atoms with van der Waals surface area (Å²) in [6, 6.07) is 13.2. The number of carbonyl (C=O) groups excluding carboxylic acids is 2. The summed E-state index contributed by atoms with van der Waals surface area (Å²) in [4.78, 5) is 36.4. The zero-order valence-corrected chi connectivity index (χ0v) is 25.3. The summed E-state index contributed by atoms with van der Waals surface area (Å²) in [6.45, 7) is 6.14. The van der Waals surface area contributed by atoms with Crippen molar-refractivity contribution in [2.45, 2.75) is 31.6 Å². The third kappa shape index (κ3) is 6.89. The van der Waals surface area contributed by atoms with Crippen molar-refractivity contribution in [2.24, 2.45) is 5.41 Å². The molecule has 1 aromatic heterocycles. The lowest BCUT2D eigenvalue weighted by Crippen LogP contribution is -2.52. The SMILES string of the molecule is COCCNC(=O)N1CCC2(CC1)CNC(=O)c1cccc(c1)S(=O)(=O)Nc1nc(cc(-c3c(C)cccc3C)n1)OC2. The predicted molar refractivity (Wildman–Crippen MR) is 161 cm³/mol. The maximum Gasteiger partial charge on any atom is 0.317 e. The van der Waals surface area contributed by atoms with Crippen LogP contribution < -0.4 is 20.1 Å². The number of aryl methyl sites for hydroxylation is 2. The molecule has 3 aromatic rings. The zero-order chi connectivity index (χ0) is 30.6. The van der Waals surface area contributed by atoms with Crippen LogP contribution in [-0.2, 0) is 14.8 Å². The van der Waals surface area contributed by atoms with Crippen molar-refractivity contribution < 1.29 is 27.5 Å². The van der Waals surface area contributed by atoms with Gasteiger partial charge in [0.2, 0.25) is 11.8 Å². The van der Waals surface area contributed by atoms with Gasteiger partial charge >= 0.3 is 6.03 Å². The molecule has 5 rings (SSSR count). The minimum atomic E-state index is -4.12. The average Bonchev–Trinajstić information content (AvgIpc) is 2.99. The first-order chi connectivity index (χ1) is 20.6. The van der Waals surface area contributed by atoms with Crippen LogP contribution in [0.3, 0.4) is 0 Å². The number of rotatable bonds is 4. The Morgan fingerprint density at radius 2 is 1.81 bits per heavy atom. The number of likely N-dealkylation sites (tertiary alicyclic amines) is 1. The number of hydrogen-bond acceptors (Lipinski definition) is 8. The quantitative estimate of drug-likeness (QED) is 0.382. The molecule has 3 heterocycles. The van der Waals surface area contributed by atoms with Crippen LogP contribution in [-0.4, -0.2) is 81.7 Å². The molecule has 2 aromatic carbocycles. The molecular weight excluding hydrogens is 572 g/mol. The lowest BCUT2D eigenvalue weighted by Gasteiger charge is -2.41. The molecular formula is C30H36N6O6S. The third-order valence-corrected chi connectivity index (χ3v) is 9.24. The van der Waals surface area contributed by atoms with Gasteiger partial charge in [-0.3, -0.25) is 4.79 Å². The fourth-order valence-corrected chi connectivity index (χ4v) is 6.39. The van der Waals surface area contributed by atoms with Gasteiger partial charge in [-0.25, -0.2) is 22.9 Å². The van der Waals surface area contributed by atoms with Gasteiger partial charge in [0.05, 0.1) is 23.8 Å². The normalized spacial score (nSPS) is 17.7. The highest BCUT2D eigenvalue weighted by Gasteiger charge is 2.38. The van der Waals surface area contributed by atoms with Crippen molar-refractivity contribution in [3.05, 3.63) is 65.2 Å². The van der Waals surface area contributed by atoms with Crippen molar-refractivity contribution in [3.63, 3.8) is 0 Å². The van der Waals surface area contributed by atoms with Gasteiger partial charge in [-0.2, -0.15) is 4.98 Å². The number of aromatic nitrogens is 2. The lowest BCUT2D eigenvalue weighted by molar-refractivity contribution is 0.0589. The van der Waals surface area contributed by atoms with Crippen molar-refractivity contribution in [1.82, 2.24) is 25.5 Å². The number of benzene rings is 2. The topological polar surface area (TPSA) is 152 Å². The second-order valence-electron chi connectivity index (χ2n) is 11.0. The molecule has 1 saturated heterocycles. The van der Waals surface area contributed by atoms with E-state index in [4.69, 9.17) is 9.47 Å². The van der Waals surface area contributed by atoms with E-state index in [1.807, 2.05) is 32.0 Å². The summed E-state index contributed by atoms with van der Waals surface area (Å²) >= 11 is 0. The molecule has 0 saturated carbocycles. The second-order valence-corrected chi connectivity index (χ2v) is 12.7. The van der Waals surface area contributed by atoms with Gasteiger partial charge < -0.3 is 25.0 Å². The van der Waals surface area contributed by atoms with Gasteiger partial charge in [-0.15, -0.1) is 0 Å². The summed E-state index contributed by atoms with van der Waals surface area (Å²) in [7, 11) is -2.54. The Labute approximate surface area is 251 Å². The molecule has 13 heteroatoms. The van der Waals surface area contributed by atoms with Gasteiger partial charge in [0.15, 0.2) is 0 Å². The molecule has 228 valence electrons. The van der Waals surface area contributed by atoms with Gasteiger partial charge in [0.25, 0.3) is 15.9 Å². The summed E-state index contributed by atoms with van der Waals surface area (Å²) < 4.78 is 40.4. The molecule has 1 spiro atoms. The number of ether oxygens (including phenoxy) is 2. The third-order valence-electron chi connectivity index (χ3n) is 7.92. The van der Waals surface area contributed by atoms with Gasteiger partial charge in [-0.1, -0.05) is 24.3 Å². The van der Waals surface area contributed by atoms with Crippen molar-refractivity contribution in [3.8, 4) is 17.1 Å². The van der Waals surface area contributed by atoms with Gasteiger partial charge in [-0.05, 0) is 56.0 Å². The molecule has 43 heavy (non-hydrogen) atoms. The number of methoxy groups -OCH3 is 1. The van der Waals surface area contributed by atoms with Crippen LogP contribution in [0.15, 0.2) is 53.4 Å². The summed E-state index contributed by atoms with van der Waals surface area (Å²) in [6.07, 6.45) is 1.14. The van der Waals surface area contributed by atoms with E-state index in [1.165, 1.54) is 18.2 Å². The fourth-order valence-electron chi connectivity index (χ4n) is 5.40. The fraction of sp³-hybridized carbons (Fsp3) is 0.400. The maximum atomic E-state index is 13.3. The molecule has 0 unspecified atom stereocenters. The van der Waals surface area contributed by atoms with Crippen LogP contribution in [0.5, 0.6) is 5.88 Å². The average molecular weight is 609 g/mol. The van der Waals surface area contributed by atoms with E-state index in [1.54, 1.807) is 24.1 Å². The highest BCUT2D eigenvalue weighted by Crippen LogP contribution is 2.34. The standard InChI is InChI=1S/C30H36N6O6S/c1-20-6-4-7-21(2)26(20)24-17-25-34-28(33-24)35-43(39,40)23-9-5-8-22(16-23)27(37)32-18-30(19-42-25)10-13-36(14-11-30)29(38)31-12-15-41-3/h4-9,16-17H,10-15,18-19H2,1-3H3,(H,31,38)(H,32,37)(H,33,34,35). The number of nitrogens with zero attached hydrogens (tertiary/aromatic N) is 3. The summed E-state index contributed by atoms with van der Waals surface area (Å²) in [5.74, 6) is -0.347. The predicted octanol–water partition coefficient (Wildman–Crippen LogP) is 3.12. The molecule has 2 aliphatic rings. The van der Waals surface area contributed by atoms with Crippen LogP contribution in [0, 0.1) is 19.3 Å². The molecule has 12 nitrogen and oxygen atoms in total. The number of anilines is 1. The Bertz CT molecular complexity index is 1600. The highest BCUT2D eigenvalue weighted by molar-refractivity contribution is 7.92. The van der Waals surface area contributed by atoms with Gasteiger partial charge in [0.1, 0.15) is 0 Å². The van der Waals surface area contributed by atoms with Crippen LogP contribution >= 0.6 is 0 Å². The van der Waals surface area contributed by atoms with E-state index in [0.29, 0.717) is 44.8 Å². The molecule has 2 aliphatic heterocycles. The molecule has 0 aliphatic carbocycles. The monoisotopic (exact) mass is 608 g/mol. The summed E-state index contributed by atoms with van der Waals surface area (Å²) in [5.41, 5.74) is 3.00. The van der Waals surface area contributed by atoms with E-state index < -0.39 is 21.3 Å². The Kier molecular flexibility index (Phi) is 8.83. The maximum absolute atomic E-state index is 13.3. The highest BCUT2D eigenvalue weighted by atomic mass is 32.2.